The van der Waals surface area contributed by atoms with Gasteiger partial charge in [-0.1, -0.05) is 11.6 Å². The van der Waals surface area contributed by atoms with Gasteiger partial charge in [-0.25, -0.2) is 4.39 Å². The predicted molar refractivity (Wildman–Crippen MR) is 70.7 cm³/mol. The minimum absolute atomic E-state index is 0.185. The zero-order valence-electron chi connectivity index (χ0n) is 10.6. The molecule has 0 amide bonds. The van der Waals surface area contributed by atoms with Gasteiger partial charge in [-0.2, -0.15) is 0 Å². The lowest BCUT2D eigenvalue weighted by Crippen LogP contribution is -2.35. The van der Waals surface area contributed by atoms with Gasteiger partial charge in [-0.3, -0.25) is 0 Å². The van der Waals surface area contributed by atoms with Crippen molar-refractivity contribution in [2.45, 2.75) is 39.3 Å². The highest BCUT2D eigenvalue weighted by atomic mass is 35.5. The summed E-state index contributed by atoms with van der Waals surface area (Å²) in [6.45, 7) is 7.01. The Morgan fingerprint density at radius 1 is 1.41 bits per heavy atom. The minimum Gasteiger partial charge on any atom is -0.326 e. The number of rotatable bonds is 5. The molecule has 1 aromatic carbocycles. The first-order valence-corrected chi connectivity index (χ1v) is 6.11. The molecule has 0 atom stereocenters. The number of nitrogens with one attached hydrogen (secondary N) is 1. The molecule has 1 aromatic rings. The van der Waals surface area contributed by atoms with Crippen LogP contribution in [0.15, 0.2) is 12.1 Å². The Labute approximate surface area is 107 Å². The fourth-order valence-electron chi connectivity index (χ4n) is 1.46. The van der Waals surface area contributed by atoms with E-state index in [2.05, 4.69) is 5.32 Å². The van der Waals surface area contributed by atoms with Crippen LogP contribution in [0.1, 0.15) is 31.4 Å². The molecule has 1 rings (SSSR count). The topological polar surface area (TPSA) is 38.0 Å². The van der Waals surface area contributed by atoms with E-state index in [0.717, 1.165) is 18.5 Å². The Kier molecular flexibility index (Phi) is 4.92. The molecule has 0 saturated heterocycles. The standard InChI is InChI=1S/C13H20ClFN2/c1-9-6-11(14)10(7-12(9)15)8-17-5-4-13(2,3)16/h6-7,17H,4-5,8,16H2,1-3H3. The van der Waals surface area contributed by atoms with E-state index < -0.39 is 0 Å². The molecule has 2 nitrogen and oxygen atoms in total. The van der Waals surface area contributed by atoms with Crippen LogP contribution in [0.3, 0.4) is 0 Å². The smallest absolute Gasteiger partial charge is 0.126 e. The van der Waals surface area contributed by atoms with Crippen molar-refractivity contribution in [3.63, 3.8) is 0 Å². The molecule has 0 heterocycles. The van der Waals surface area contributed by atoms with Gasteiger partial charge in [-0.15, -0.1) is 0 Å². The number of nitrogens with two attached hydrogens (primary N) is 1. The fourth-order valence-corrected chi connectivity index (χ4v) is 1.74. The second-order valence-electron chi connectivity index (χ2n) is 5.11. The third kappa shape index (κ3) is 5.02. The summed E-state index contributed by atoms with van der Waals surface area (Å²) in [5, 5.41) is 3.82. The first kappa shape index (κ1) is 14.4. The molecule has 0 saturated carbocycles. The zero-order chi connectivity index (χ0) is 13.1. The molecule has 4 heteroatoms. The number of aryl methyl sites for hydroxylation is 1. The van der Waals surface area contributed by atoms with Gasteiger partial charge in [0.1, 0.15) is 5.82 Å². The largest absolute Gasteiger partial charge is 0.326 e. The average Bonchev–Trinajstić information content (AvgIpc) is 2.18. The van der Waals surface area contributed by atoms with Crippen molar-refractivity contribution >= 4 is 11.6 Å². The highest BCUT2D eigenvalue weighted by Gasteiger charge is 2.10. The van der Waals surface area contributed by atoms with Gasteiger partial charge in [0.2, 0.25) is 0 Å². The van der Waals surface area contributed by atoms with Crippen LogP contribution in [-0.2, 0) is 6.54 Å². The molecular formula is C13H20ClFN2. The number of benzene rings is 1. The maximum absolute atomic E-state index is 13.4. The first-order chi connectivity index (χ1) is 7.79. The van der Waals surface area contributed by atoms with Crippen LogP contribution in [0.5, 0.6) is 0 Å². The van der Waals surface area contributed by atoms with E-state index in [1.807, 2.05) is 13.8 Å². The van der Waals surface area contributed by atoms with Gasteiger partial charge in [0.15, 0.2) is 0 Å². The lowest BCUT2D eigenvalue weighted by molar-refractivity contribution is 0.454. The van der Waals surface area contributed by atoms with E-state index in [-0.39, 0.29) is 11.4 Å². The summed E-state index contributed by atoms with van der Waals surface area (Å²) in [6.07, 6.45) is 0.860. The number of hydrogen-bond acceptors (Lipinski definition) is 2. The number of halogens is 2. The van der Waals surface area contributed by atoms with Crippen LogP contribution in [0.2, 0.25) is 5.02 Å². The van der Waals surface area contributed by atoms with Gasteiger partial charge in [0.25, 0.3) is 0 Å². The molecule has 0 aliphatic carbocycles. The predicted octanol–water partition coefficient (Wildman–Crippen LogP) is 3.00. The molecule has 0 fully saturated rings. The Hall–Kier alpha value is -0.640. The lowest BCUT2D eigenvalue weighted by Gasteiger charge is -2.18. The van der Waals surface area contributed by atoms with E-state index in [0.29, 0.717) is 17.1 Å². The molecule has 17 heavy (non-hydrogen) atoms. The Morgan fingerprint density at radius 2 is 2.06 bits per heavy atom. The van der Waals surface area contributed by atoms with Crippen LogP contribution in [0.4, 0.5) is 4.39 Å². The van der Waals surface area contributed by atoms with Gasteiger partial charge >= 0.3 is 0 Å². The summed E-state index contributed by atoms with van der Waals surface area (Å²) in [7, 11) is 0. The Bertz CT molecular complexity index is 386. The molecule has 3 N–H and O–H groups in total. The maximum atomic E-state index is 13.4. The van der Waals surface area contributed by atoms with E-state index in [4.69, 9.17) is 17.3 Å². The van der Waals surface area contributed by atoms with E-state index >= 15 is 0 Å². The summed E-state index contributed by atoms with van der Waals surface area (Å²) >= 11 is 6.04. The zero-order valence-corrected chi connectivity index (χ0v) is 11.4. The highest BCUT2D eigenvalue weighted by Crippen LogP contribution is 2.20. The number of hydrogen-bond donors (Lipinski definition) is 2. The van der Waals surface area contributed by atoms with Crippen LogP contribution in [0.25, 0.3) is 0 Å². The molecule has 0 bridgehead atoms. The summed E-state index contributed by atoms with van der Waals surface area (Å²) in [4.78, 5) is 0. The molecule has 96 valence electrons. The van der Waals surface area contributed by atoms with Crippen LogP contribution in [0, 0.1) is 12.7 Å². The molecule has 0 spiro atoms. The Morgan fingerprint density at radius 3 is 2.65 bits per heavy atom. The normalized spacial score (nSPS) is 11.9. The molecular weight excluding hydrogens is 239 g/mol. The minimum atomic E-state index is -0.217. The summed E-state index contributed by atoms with van der Waals surface area (Å²) in [5.41, 5.74) is 7.03. The van der Waals surface area contributed by atoms with E-state index in [1.54, 1.807) is 13.0 Å². The van der Waals surface area contributed by atoms with Crippen molar-refractivity contribution in [1.82, 2.24) is 5.32 Å². The SMILES string of the molecule is Cc1cc(Cl)c(CNCCC(C)(C)N)cc1F. The molecule has 0 radical (unpaired) electrons. The van der Waals surface area contributed by atoms with Crippen molar-refractivity contribution in [3.05, 3.63) is 34.1 Å². The summed E-state index contributed by atoms with van der Waals surface area (Å²) in [6, 6.07) is 3.14. The summed E-state index contributed by atoms with van der Waals surface area (Å²) in [5.74, 6) is -0.217. The van der Waals surface area contributed by atoms with Gasteiger partial charge < -0.3 is 11.1 Å². The molecule has 0 aromatic heterocycles. The highest BCUT2D eigenvalue weighted by molar-refractivity contribution is 6.31. The van der Waals surface area contributed by atoms with Crippen molar-refractivity contribution in [3.8, 4) is 0 Å². The van der Waals surface area contributed by atoms with Crippen LogP contribution >= 0.6 is 11.6 Å². The molecule has 0 aliphatic rings. The van der Waals surface area contributed by atoms with Crippen molar-refractivity contribution < 1.29 is 4.39 Å². The van der Waals surface area contributed by atoms with Crippen LogP contribution < -0.4 is 11.1 Å². The Balaban J connectivity index is 2.50. The molecule has 0 aliphatic heterocycles. The van der Waals surface area contributed by atoms with E-state index in [9.17, 15) is 4.39 Å². The fraction of sp³-hybridized carbons (Fsp3) is 0.538. The monoisotopic (exact) mass is 258 g/mol. The maximum Gasteiger partial charge on any atom is 0.126 e. The van der Waals surface area contributed by atoms with Crippen molar-refractivity contribution in [2.75, 3.05) is 6.54 Å². The van der Waals surface area contributed by atoms with Gasteiger partial charge in [0, 0.05) is 17.1 Å². The quantitative estimate of drug-likeness (QED) is 0.797. The van der Waals surface area contributed by atoms with Crippen molar-refractivity contribution in [1.29, 1.82) is 0 Å². The summed E-state index contributed by atoms with van der Waals surface area (Å²) < 4.78 is 13.4. The first-order valence-electron chi connectivity index (χ1n) is 5.74. The second-order valence-corrected chi connectivity index (χ2v) is 5.52. The average molecular weight is 259 g/mol. The molecule has 0 unspecified atom stereocenters. The third-order valence-electron chi connectivity index (χ3n) is 2.59. The van der Waals surface area contributed by atoms with Gasteiger partial charge in [-0.05, 0) is 57.0 Å². The van der Waals surface area contributed by atoms with Crippen LogP contribution in [-0.4, -0.2) is 12.1 Å². The van der Waals surface area contributed by atoms with E-state index in [1.165, 1.54) is 6.07 Å². The third-order valence-corrected chi connectivity index (χ3v) is 2.94. The second kappa shape index (κ2) is 5.80. The van der Waals surface area contributed by atoms with Gasteiger partial charge in [0.05, 0.1) is 0 Å². The van der Waals surface area contributed by atoms with Crippen molar-refractivity contribution in [2.24, 2.45) is 5.73 Å². The lowest BCUT2D eigenvalue weighted by atomic mass is 10.0.